The number of halogens is 1. The van der Waals surface area contributed by atoms with Gasteiger partial charge in [-0.15, -0.1) is 11.3 Å². The monoisotopic (exact) mass is 327 g/mol. The third-order valence-corrected chi connectivity index (χ3v) is 4.31. The van der Waals surface area contributed by atoms with E-state index in [-0.39, 0.29) is 24.1 Å². The third-order valence-electron chi connectivity index (χ3n) is 2.90. The van der Waals surface area contributed by atoms with Gasteiger partial charge in [-0.3, -0.25) is 4.79 Å². The van der Waals surface area contributed by atoms with Crippen molar-refractivity contribution in [2.75, 3.05) is 7.11 Å². The number of amides is 1. The summed E-state index contributed by atoms with van der Waals surface area (Å²) in [4.78, 5) is 24.2. The van der Waals surface area contributed by atoms with Crippen LogP contribution in [0.25, 0.3) is 0 Å². The molecule has 0 aliphatic carbocycles. The number of carbonyl (C=O) groups excluding carboxylic acids is 2. The average Bonchev–Trinajstić information content (AvgIpc) is 3.12. The van der Waals surface area contributed by atoms with Crippen molar-refractivity contribution in [1.82, 2.24) is 5.32 Å². The molecule has 5 nitrogen and oxygen atoms in total. The van der Waals surface area contributed by atoms with E-state index in [9.17, 15) is 9.59 Å². The molecule has 0 radical (unpaired) electrons. The zero-order chi connectivity index (χ0) is 15.4. The van der Waals surface area contributed by atoms with Crippen molar-refractivity contribution in [3.8, 4) is 0 Å². The van der Waals surface area contributed by atoms with E-state index in [4.69, 9.17) is 16.0 Å². The van der Waals surface area contributed by atoms with Crippen molar-refractivity contribution in [2.45, 2.75) is 19.4 Å². The van der Waals surface area contributed by atoms with E-state index >= 15 is 0 Å². The molecule has 2 rings (SSSR count). The lowest BCUT2D eigenvalue weighted by atomic mass is 10.1. The summed E-state index contributed by atoms with van der Waals surface area (Å²) in [7, 11) is 1.28. The largest absolute Gasteiger partial charge is 0.463 e. The van der Waals surface area contributed by atoms with Crippen LogP contribution < -0.4 is 5.32 Å². The Labute approximate surface area is 130 Å². The molecule has 0 fully saturated rings. The predicted octanol–water partition coefficient (Wildman–Crippen LogP) is 3.20. The summed E-state index contributed by atoms with van der Waals surface area (Å²) in [5, 5.41) is 2.76. The van der Waals surface area contributed by atoms with Gasteiger partial charge in [-0.1, -0.05) is 11.6 Å². The topological polar surface area (TPSA) is 68.5 Å². The van der Waals surface area contributed by atoms with Gasteiger partial charge < -0.3 is 14.5 Å². The van der Waals surface area contributed by atoms with E-state index in [2.05, 4.69) is 10.1 Å². The highest BCUT2D eigenvalue weighted by Crippen LogP contribution is 2.28. The molecule has 21 heavy (non-hydrogen) atoms. The Hall–Kier alpha value is -1.79. The van der Waals surface area contributed by atoms with E-state index in [1.807, 2.05) is 6.07 Å². The maximum Gasteiger partial charge on any atom is 0.373 e. The van der Waals surface area contributed by atoms with Crippen molar-refractivity contribution in [3.63, 3.8) is 0 Å². The fraction of sp³-hybridized carbons (Fsp3) is 0.286. The van der Waals surface area contributed by atoms with Crippen LogP contribution in [0.2, 0.25) is 4.34 Å². The van der Waals surface area contributed by atoms with E-state index < -0.39 is 5.97 Å². The van der Waals surface area contributed by atoms with Crippen LogP contribution in [0.4, 0.5) is 0 Å². The molecule has 0 bridgehead atoms. The molecule has 1 atom stereocenters. The van der Waals surface area contributed by atoms with Crippen LogP contribution in [-0.2, 0) is 16.1 Å². The van der Waals surface area contributed by atoms with Gasteiger partial charge in [0.15, 0.2) is 0 Å². The van der Waals surface area contributed by atoms with Crippen molar-refractivity contribution in [3.05, 3.63) is 45.0 Å². The van der Waals surface area contributed by atoms with E-state index in [1.165, 1.54) is 24.5 Å². The number of esters is 1. The zero-order valence-electron chi connectivity index (χ0n) is 11.5. The third kappa shape index (κ3) is 3.86. The standard InChI is InChI=1S/C14H14ClNO4S/c1-8(11-5-6-12(15)21-11)13(17)16-7-9-3-4-10(20-9)14(18)19-2/h3-6,8H,7H2,1-2H3,(H,16,17)/t8-/m0/s1. The lowest BCUT2D eigenvalue weighted by Gasteiger charge is -2.09. The molecule has 2 aromatic rings. The van der Waals surface area contributed by atoms with Crippen LogP contribution in [0.1, 0.15) is 34.0 Å². The number of hydrogen-bond donors (Lipinski definition) is 1. The Kier molecular flexibility index (Phi) is 5.03. The quantitative estimate of drug-likeness (QED) is 0.856. The number of hydrogen-bond acceptors (Lipinski definition) is 5. The van der Waals surface area contributed by atoms with Gasteiger partial charge in [-0.2, -0.15) is 0 Å². The highest BCUT2D eigenvalue weighted by atomic mass is 35.5. The Morgan fingerprint density at radius 3 is 2.76 bits per heavy atom. The molecule has 0 spiro atoms. The molecular weight excluding hydrogens is 314 g/mol. The molecule has 0 saturated heterocycles. The number of ether oxygens (including phenoxy) is 1. The smallest absolute Gasteiger partial charge is 0.373 e. The first-order chi connectivity index (χ1) is 10.0. The Bertz CT molecular complexity index is 649. The number of methoxy groups -OCH3 is 1. The summed E-state index contributed by atoms with van der Waals surface area (Å²) < 4.78 is 10.5. The van der Waals surface area contributed by atoms with Gasteiger partial charge in [-0.25, -0.2) is 4.79 Å². The highest BCUT2D eigenvalue weighted by Gasteiger charge is 2.18. The average molecular weight is 328 g/mol. The number of nitrogens with one attached hydrogen (secondary N) is 1. The fourth-order valence-corrected chi connectivity index (χ4v) is 2.81. The summed E-state index contributed by atoms with van der Waals surface area (Å²) in [6, 6.07) is 6.73. The molecule has 1 amide bonds. The van der Waals surface area contributed by atoms with Crippen LogP contribution >= 0.6 is 22.9 Å². The molecule has 1 N–H and O–H groups in total. The van der Waals surface area contributed by atoms with Gasteiger partial charge in [0, 0.05) is 4.88 Å². The van der Waals surface area contributed by atoms with Gasteiger partial charge in [0.25, 0.3) is 0 Å². The minimum atomic E-state index is -0.547. The first kappa shape index (κ1) is 15.6. The Morgan fingerprint density at radius 2 is 2.14 bits per heavy atom. The van der Waals surface area contributed by atoms with Crippen LogP contribution in [0.15, 0.2) is 28.7 Å². The van der Waals surface area contributed by atoms with Crippen molar-refractivity contribution in [1.29, 1.82) is 0 Å². The van der Waals surface area contributed by atoms with Gasteiger partial charge in [0.1, 0.15) is 5.76 Å². The molecule has 0 unspecified atom stereocenters. The summed E-state index contributed by atoms with van der Waals surface area (Å²) in [6.45, 7) is 2.01. The van der Waals surface area contributed by atoms with E-state index in [1.54, 1.807) is 19.1 Å². The summed E-state index contributed by atoms with van der Waals surface area (Å²) in [5.74, 6) is -0.378. The number of furan rings is 1. The Balaban J connectivity index is 1.92. The zero-order valence-corrected chi connectivity index (χ0v) is 13.1. The van der Waals surface area contributed by atoms with Crippen molar-refractivity contribution >= 4 is 34.8 Å². The minimum Gasteiger partial charge on any atom is -0.463 e. The molecule has 0 aliphatic heterocycles. The summed E-state index contributed by atoms with van der Waals surface area (Å²) in [5.41, 5.74) is 0. The molecule has 2 aromatic heterocycles. The first-order valence-electron chi connectivity index (χ1n) is 6.21. The Morgan fingerprint density at radius 1 is 1.38 bits per heavy atom. The second-order valence-corrected chi connectivity index (χ2v) is 6.09. The first-order valence-corrected chi connectivity index (χ1v) is 7.40. The molecule has 2 heterocycles. The van der Waals surface area contributed by atoms with Crippen LogP contribution in [0.5, 0.6) is 0 Å². The van der Waals surface area contributed by atoms with Crippen molar-refractivity contribution in [2.24, 2.45) is 0 Å². The van der Waals surface area contributed by atoms with Gasteiger partial charge in [-0.05, 0) is 31.2 Å². The van der Waals surface area contributed by atoms with Crippen molar-refractivity contribution < 1.29 is 18.7 Å². The molecule has 0 aliphatic rings. The summed E-state index contributed by atoms with van der Waals surface area (Å²) in [6.07, 6.45) is 0. The maximum atomic E-state index is 12.0. The molecule has 0 saturated carbocycles. The summed E-state index contributed by atoms with van der Waals surface area (Å²) >= 11 is 7.23. The van der Waals surface area contributed by atoms with Crippen LogP contribution in [0.3, 0.4) is 0 Å². The molecular formula is C14H14ClNO4S. The molecule has 7 heteroatoms. The van der Waals surface area contributed by atoms with Crippen LogP contribution in [0, 0.1) is 0 Å². The fourth-order valence-electron chi connectivity index (χ4n) is 1.70. The normalized spacial score (nSPS) is 12.0. The van der Waals surface area contributed by atoms with Gasteiger partial charge in [0.2, 0.25) is 11.7 Å². The van der Waals surface area contributed by atoms with E-state index in [0.29, 0.717) is 10.1 Å². The molecule has 112 valence electrons. The minimum absolute atomic E-state index is 0.111. The van der Waals surface area contributed by atoms with Crippen LogP contribution in [-0.4, -0.2) is 19.0 Å². The van der Waals surface area contributed by atoms with E-state index in [0.717, 1.165) is 4.88 Å². The number of carbonyl (C=O) groups is 2. The number of thiophene rings is 1. The molecule has 0 aromatic carbocycles. The maximum absolute atomic E-state index is 12.0. The SMILES string of the molecule is COC(=O)c1ccc(CNC(=O)[C@@H](C)c2ccc(Cl)s2)o1. The second kappa shape index (κ2) is 6.78. The lowest BCUT2D eigenvalue weighted by molar-refractivity contribution is -0.122. The second-order valence-electron chi connectivity index (χ2n) is 4.34. The highest BCUT2D eigenvalue weighted by molar-refractivity contribution is 7.16. The van der Waals surface area contributed by atoms with Gasteiger partial charge in [0.05, 0.1) is 23.9 Å². The lowest BCUT2D eigenvalue weighted by Crippen LogP contribution is -2.26. The predicted molar refractivity (Wildman–Crippen MR) is 79.6 cm³/mol. The number of rotatable bonds is 5. The van der Waals surface area contributed by atoms with Gasteiger partial charge >= 0.3 is 5.97 Å².